The first kappa shape index (κ1) is 22.1. The van der Waals surface area contributed by atoms with Gasteiger partial charge >= 0.3 is 0 Å². The minimum Gasteiger partial charge on any atom is -0.497 e. The summed E-state index contributed by atoms with van der Waals surface area (Å²) in [5, 5.41) is 42.1. The predicted octanol–water partition coefficient (Wildman–Crippen LogP) is 2.17. The molecule has 1 fully saturated rings. The maximum Gasteiger partial charge on any atom is 0.163 e. The molecule has 7 nitrogen and oxygen atoms in total. The number of aromatic nitrogens is 1. The fourth-order valence-corrected chi connectivity index (χ4v) is 4.54. The Balaban J connectivity index is 1.80. The van der Waals surface area contributed by atoms with Gasteiger partial charge in [-0.2, -0.15) is 0 Å². The average Bonchev–Trinajstić information content (AvgIpc) is 3.11. The van der Waals surface area contributed by atoms with E-state index in [-0.39, 0.29) is 0 Å². The highest BCUT2D eigenvalue weighted by Crippen LogP contribution is 2.36. The van der Waals surface area contributed by atoms with E-state index in [1.54, 1.807) is 17.7 Å². The van der Waals surface area contributed by atoms with Crippen LogP contribution in [0.25, 0.3) is 10.9 Å². The van der Waals surface area contributed by atoms with Crippen LogP contribution in [0.5, 0.6) is 5.75 Å². The van der Waals surface area contributed by atoms with Gasteiger partial charge in [-0.05, 0) is 54.3 Å². The summed E-state index contributed by atoms with van der Waals surface area (Å²) in [7, 11) is 1.62. The highest BCUT2D eigenvalue weighted by Gasteiger charge is 2.44. The van der Waals surface area contributed by atoms with Gasteiger partial charge in [-0.3, -0.25) is 0 Å². The Bertz CT molecular complexity index is 1060. The van der Waals surface area contributed by atoms with Crippen molar-refractivity contribution in [3.05, 3.63) is 64.3 Å². The van der Waals surface area contributed by atoms with Crippen LogP contribution in [0, 0.1) is 6.92 Å². The quantitative estimate of drug-likeness (QED) is 0.478. The molecule has 5 atom stereocenters. The van der Waals surface area contributed by atoms with E-state index in [2.05, 4.69) is 0 Å². The normalized spacial score (nSPS) is 26.4. The minimum absolute atomic E-state index is 0.487. The molecule has 31 heavy (non-hydrogen) atoms. The van der Waals surface area contributed by atoms with Crippen molar-refractivity contribution in [2.24, 2.45) is 0 Å². The molecule has 0 aliphatic carbocycles. The second-order valence-corrected chi connectivity index (χ2v) is 8.36. The van der Waals surface area contributed by atoms with Crippen LogP contribution in [0.1, 0.15) is 22.9 Å². The van der Waals surface area contributed by atoms with E-state index in [1.807, 2.05) is 43.5 Å². The number of hydrogen-bond acceptors (Lipinski definition) is 6. The third-order valence-corrected chi connectivity index (χ3v) is 6.09. The summed E-state index contributed by atoms with van der Waals surface area (Å²) in [6.45, 7) is 1.47. The highest BCUT2D eigenvalue weighted by atomic mass is 35.5. The van der Waals surface area contributed by atoms with Gasteiger partial charge in [-0.15, -0.1) is 0 Å². The van der Waals surface area contributed by atoms with Crippen LogP contribution in [-0.4, -0.2) is 63.1 Å². The van der Waals surface area contributed by atoms with Crippen LogP contribution >= 0.6 is 11.6 Å². The molecule has 166 valence electrons. The summed E-state index contributed by atoms with van der Waals surface area (Å²) in [4.78, 5) is 0. The van der Waals surface area contributed by atoms with Gasteiger partial charge in [0.2, 0.25) is 0 Å². The van der Waals surface area contributed by atoms with Gasteiger partial charge in [0.25, 0.3) is 0 Å². The molecule has 0 amide bonds. The SMILES string of the molecule is COc1ccc(Cc2cn([C@@H]3O[C@H](CO)[C@@H](O)[C@H](O)[C@H]3O)c3cc(Cl)cc(C)c23)cc1. The summed E-state index contributed by atoms with van der Waals surface area (Å²) in [5.41, 5.74) is 3.77. The first-order valence-corrected chi connectivity index (χ1v) is 10.4. The molecular formula is C23H26ClNO6. The number of aliphatic hydroxyl groups is 4. The molecule has 0 unspecified atom stereocenters. The molecular weight excluding hydrogens is 422 g/mol. The fraction of sp³-hybridized carbons (Fsp3) is 0.391. The second kappa shape index (κ2) is 8.78. The van der Waals surface area contributed by atoms with E-state index < -0.39 is 37.3 Å². The first-order chi connectivity index (χ1) is 14.8. The third kappa shape index (κ3) is 4.05. The Morgan fingerprint density at radius 1 is 1.06 bits per heavy atom. The van der Waals surface area contributed by atoms with E-state index in [1.165, 1.54) is 0 Å². The number of fused-ring (bicyclic) bond motifs is 1. The van der Waals surface area contributed by atoms with Crippen molar-refractivity contribution in [2.75, 3.05) is 13.7 Å². The van der Waals surface area contributed by atoms with E-state index in [4.69, 9.17) is 21.1 Å². The number of halogens is 1. The van der Waals surface area contributed by atoms with Crippen molar-refractivity contribution in [1.82, 2.24) is 4.57 Å². The maximum atomic E-state index is 10.6. The lowest BCUT2D eigenvalue weighted by atomic mass is 9.98. The van der Waals surface area contributed by atoms with Gasteiger partial charge in [-0.1, -0.05) is 23.7 Å². The zero-order chi connectivity index (χ0) is 22.3. The van der Waals surface area contributed by atoms with Crippen LogP contribution in [0.15, 0.2) is 42.6 Å². The van der Waals surface area contributed by atoms with E-state index in [0.717, 1.165) is 33.3 Å². The molecule has 2 aromatic carbocycles. The molecule has 4 rings (SSSR count). The van der Waals surface area contributed by atoms with Crippen LogP contribution in [0.4, 0.5) is 0 Å². The Kier molecular flexibility index (Phi) is 6.25. The molecule has 0 radical (unpaired) electrons. The molecule has 0 saturated carbocycles. The summed E-state index contributed by atoms with van der Waals surface area (Å²) in [5.74, 6) is 0.774. The van der Waals surface area contributed by atoms with Crippen LogP contribution in [0.3, 0.4) is 0 Å². The molecule has 1 aliphatic heterocycles. The number of nitrogens with zero attached hydrogens (tertiary/aromatic N) is 1. The topological polar surface area (TPSA) is 104 Å². The van der Waals surface area contributed by atoms with Gasteiger partial charge < -0.3 is 34.5 Å². The summed E-state index contributed by atoms with van der Waals surface area (Å²) in [6, 6.07) is 11.4. The maximum absolute atomic E-state index is 10.6. The van der Waals surface area contributed by atoms with Gasteiger partial charge in [0.05, 0.1) is 19.2 Å². The number of rotatable bonds is 5. The standard InChI is InChI=1S/C23H26ClNO6/c1-12-7-15(24)9-17-19(12)14(8-13-3-5-16(30-2)6-4-13)10-25(17)23-22(29)21(28)20(27)18(11-26)31-23/h3-7,9-10,18,20-23,26-29H,8,11H2,1-2H3/t18-,20-,21+,22-,23-/m1/s1. The largest absolute Gasteiger partial charge is 0.497 e. The summed E-state index contributed by atoms with van der Waals surface area (Å²) >= 11 is 6.32. The summed E-state index contributed by atoms with van der Waals surface area (Å²) < 4.78 is 12.7. The highest BCUT2D eigenvalue weighted by molar-refractivity contribution is 6.31. The van der Waals surface area contributed by atoms with Crippen molar-refractivity contribution in [2.45, 2.75) is 44.0 Å². The van der Waals surface area contributed by atoms with E-state index >= 15 is 0 Å². The fourth-order valence-electron chi connectivity index (χ4n) is 4.27. The summed E-state index contributed by atoms with van der Waals surface area (Å²) in [6.07, 6.45) is -3.77. The number of ether oxygens (including phenoxy) is 2. The molecule has 0 bridgehead atoms. The number of methoxy groups -OCH3 is 1. The second-order valence-electron chi connectivity index (χ2n) is 7.92. The van der Waals surface area contributed by atoms with Gasteiger partial charge in [0.15, 0.2) is 6.23 Å². The lowest BCUT2D eigenvalue weighted by Gasteiger charge is -2.40. The average molecular weight is 448 g/mol. The Labute approximate surface area is 185 Å². The van der Waals surface area contributed by atoms with Crippen molar-refractivity contribution >= 4 is 22.5 Å². The lowest BCUT2D eigenvalue weighted by molar-refractivity contribution is -0.250. The predicted molar refractivity (Wildman–Crippen MR) is 117 cm³/mol. The van der Waals surface area contributed by atoms with Crippen molar-refractivity contribution in [1.29, 1.82) is 0 Å². The Hall–Kier alpha value is -2.13. The minimum atomic E-state index is -1.46. The monoisotopic (exact) mass is 447 g/mol. The molecule has 2 heterocycles. The van der Waals surface area contributed by atoms with Crippen LogP contribution < -0.4 is 4.74 Å². The van der Waals surface area contributed by atoms with Gasteiger partial charge in [0, 0.05) is 16.6 Å². The third-order valence-electron chi connectivity index (χ3n) is 5.87. The zero-order valence-corrected chi connectivity index (χ0v) is 18.0. The number of aryl methyl sites for hydroxylation is 1. The van der Waals surface area contributed by atoms with Gasteiger partial charge in [0.1, 0.15) is 30.2 Å². The zero-order valence-electron chi connectivity index (χ0n) is 17.3. The van der Waals surface area contributed by atoms with E-state index in [9.17, 15) is 20.4 Å². The van der Waals surface area contributed by atoms with Crippen LogP contribution in [-0.2, 0) is 11.2 Å². The first-order valence-electron chi connectivity index (χ1n) is 10.1. The number of benzene rings is 2. The molecule has 1 aliphatic rings. The van der Waals surface area contributed by atoms with Gasteiger partial charge in [-0.25, -0.2) is 0 Å². The van der Waals surface area contributed by atoms with Crippen molar-refractivity contribution in [3.8, 4) is 5.75 Å². The van der Waals surface area contributed by atoms with Crippen molar-refractivity contribution < 1.29 is 29.9 Å². The van der Waals surface area contributed by atoms with Crippen LogP contribution in [0.2, 0.25) is 5.02 Å². The molecule has 4 N–H and O–H groups in total. The Morgan fingerprint density at radius 2 is 1.77 bits per heavy atom. The number of aliphatic hydroxyl groups excluding tert-OH is 4. The Morgan fingerprint density at radius 3 is 2.42 bits per heavy atom. The molecule has 8 heteroatoms. The molecule has 1 aromatic heterocycles. The van der Waals surface area contributed by atoms with Crippen molar-refractivity contribution in [3.63, 3.8) is 0 Å². The molecule has 3 aromatic rings. The smallest absolute Gasteiger partial charge is 0.163 e. The lowest BCUT2D eigenvalue weighted by Crippen LogP contribution is -2.56. The molecule has 0 spiro atoms. The number of hydrogen-bond donors (Lipinski definition) is 4. The molecule has 1 saturated heterocycles. The van der Waals surface area contributed by atoms with E-state index in [0.29, 0.717) is 11.4 Å².